The van der Waals surface area contributed by atoms with Gasteiger partial charge in [-0.25, -0.2) is 0 Å². The van der Waals surface area contributed by atoms with Crippen LogP contribution < -0.4 is 16.0 Å². The summed E-state index contributed by atoms with van der Waals surface area (Å²) >= 11 is 0. The fourth-order valence-electron chi connectivity index (χ4n) is 12.6. The first-order valence-electron chi connectivity index (χ1n) is 19.3. The summed E-state index contributed by atoms with van der Waals surface area (Å²) in [4.78, 5) is 0. The van der Waals surface area contributed by atoms with Gasteiger partial charge in [0, 0.05) is 0 Å². The molecule has 4 nitrogen and oxygen atoms in total. The van der Waals surface area contributed by atoms with E-state index >= 15 is 0 Å². The van der Waals surface area contributed by atoms with Crippen LogP contribution in [0.25, 0.3) is 0 Å². The van der Waals surface area contributed by atoms with Gasteiger partial charge in [0.05, 0.1) is 30.7 Å². The fourth-order valence-corrected chi connectivity index (χ4v) is 12.6. The van der Waals surface area contributed by atoms with E-state index in [-0.39, 0.29) is 0 Å². The molecule has 0 radical (unpaired) electrons. The van der Waals surface area contributed by atoms with Crippen molar-refractivity contribution in [3.63, 3.8) is 0 Å². The standard InChI is InChI=1S/C37H63N3O/c1-4-12-24(13-5-1)31-23-32-29-21-20-27(22-33(29)41-34(32)30-19-11-10-18-28(30)31)37-39-35(25-14-6-2-7-15-25)38-36(40-37)26-16-8-3-9-17-26/h24-40H,1-23H2. The van der Waals surface area contributed by atoms with Crippen LogP contribution in [0.4, 0.5) is 0 Å². The van der Waals surface area contributed by atoms with E-state index in [9.17, 15) is 0 Å². The summed E-state index contributed by atoms with van der Waals surface area (Å²) in [5, 5.41) is 12.6. The molecule has 0 aromatic rings. The van der Waals surface area contributed by atoms with Gasteiger partial charge in [0.2, 0.25) is 0 Å². The Balaban J connectivity index is 0.973. The van der Waals surface area contributed by atoms with Crippen LogP contribution in [0.2, 0.25) is 0 Å². The molecule has 0 bridgehead atoms. The summed E-state index contributed by atoms with van der Waals surface area (Å²) in [5.74, 6) is 8.06. The van der Waals surface area contributed by atoms with Crippen molar-refractivity contribution in [2.24, 2.45) is 53.3 Å². The van der Waals surface area contributed by atoms with E-state index in [4.69, 9.17) is 4.74 Å². The second-order valence-corrected chi connectivity index (χ2v) is 16.7. The average molecular weight is 566 g/mol. The Morgan fingerprint density at radius 2 is 0.854 bits per heavy atom. The second kappa shape index (κ2) is 12.7. The van der Waals surface area contributed by atoms with Crippen LogP contribution in [-0.4, -0.2) is 30.7 Å². The van der Waals surface area contributed by atoms with Crippen molar-refractivity contribution in [2.75, 3.05) is 0 Å². The van der Waals surface area contributed by atoms with Gasteiger partial charge in [-0.3, -0.25) is 16.0 Å². The van der Waals surface area contributed by atoms with E-state index in [0.717, 1.165) is 53.3 Å². The van der Waals surface area contributed by atoms with Crippen LogP contribution >= 0.6 is 0 Å². The number of fused-ring (bicyclic) bond motifs is 5. The molecule has 4 heteroatoms. The zero-order valence-electron chi connectivity index (χ0n) is 26.3. The van der Waals surface area contributed by atoms with E-state index in [2.05, 4.69) is 16.0 Å². The summed E-state index contributed by atoms with van der Waals surface area (Å²) in [6.45, 7) is 0. The normalized spacial score (nSPS) is 48.7. The van der Waals surface area contributed by atoms with Gasteiger partial charge in [-0.15, -0.1) is 0 Å². The van der Waals surface area contributed by atoms with Gasteiger partial charge in [-0.2, -0.15) is 0 Å². The third kappa shape index (κ3) is 5.72. The highest BCUT2D eigenvalue weighted by Crippen LogP contribution is 2.59. The molecule has 0 aromatic heterocycles. The van der Waals surface area contributed by atoms with Crippen molar-refractivity contribution in [1.29, 1.82) is 0 Å². The molecule has 6 saturated carbocycles. The highest BCUT2D eigenvalue weighted by molar-refractivity contribution is 5.06. The predicted molar refractivity (Wildman–Crippen MR) is 167 cm³/mol. The predicted octanol–water partition coefficient (Wildman–Crippen LogP) is 8.11. The minimum atomic E-state index is 0.472. The van der Waals surface area contributed by atoms with Gasteiger partial charge >= 0.3 is 0 Å². The molecule has 8 fully saturated rings. The van der Waals surface area contributed by atoms with E-state index in [1.54, 1.807) is 12.8 Å². The largest absolute Gasteiger partial charge is 0.374 e. The van der Waals surface area contributed by atoms with Gasteiger partial charge in [-0.1, -0.05) is 83.5 Å². The lowest BCUT2D eigenvalue weighted by atomic mass is 9.54. The third-order valence-electron chi connectivity index (χ3n) is 14.6. The molecule has 0 spiro atoms. The highest BCUT2D eigenvalue weighted by Gasteiger charge is 2.57. The summed E-state index contributed by atoms with van der Waals surface area (Å²) in [6, 6.07) is 0. The Kier molecular flexibility index (Phi) is 8.76. The molecular formula is C37H63N3O. The molecule has 41 heavy (non-hydrogen) atoms. The van der Waals surface area contributed by atoms with Crippen molar-refractivity contribution >= 4 is 0 Å². The van der Waals surface area contributed by atoms with Gasteiger partial charge in [0.25, 0.3) is 0 Å². The molecule has 0 aromatic carbocycles. The molecule has 6 aliphatic carbocycles. The Bertz CT molecular complexity index is 821. The Morgan fingerprint density at radius 3 is 1.46 bits per heavy atom. The van der Waals surface area contributed by atoms with E-state index in [1.807, 2.05) is 0 Å². The maximum absolute atomic E-state index is 7.31. The first kappa shape index (κ1) is 28.3. The number of nitrogens with one attached hydrogen (secondary N) is 3. The van der Waals surface area contributed by atoms with Gasteiger partial charge in [0.15, 0.2) is 0 Å². The van der Waals surface area contributed by atoms with Crippen LogP contribution in [0.3, 0.4) is 0 Å². The van der Waals surface area contributed by atoms with Crippen LogP contribution in [0.5, 0.6) is 0 Å². The topological polar surface area (TPSA) is 45.3 Å². The van der Waals surface area contributed by atoms with Crippen LogP contribution in [0.1, 0.15) is 148 Å². The molecule has 232 valence electrons. The Morgan fingerprint density at radius 1 is 0.341 bits per heavy atom. The van der Waals surface area contributed by atoms with Gasteiger partial charge in [-0.05, 0) is 117 Å². The van der Waals surface area contributed by atoms with Crippen molar-refractivity contribution in [3.8, 4) is 0 Å². The fraction of sp³-hybridized carbons (Fsp3) is 1.00. The molecule has 10 atom stereocenters. The molecule has 8 rings (SSSR count). The first-order valence-corrected chi connectivity index (χ1v) is 19.3. The van der Waals surface area contributed by atoms with Crippen molar-refractivity contribution < 1.29 is 4.74 Å². The lowest BCUT2D eigenvalue weighted by Crippen LogP contribution is -2.72. The Labute approximate surface area is 252 Å². The number of ether oxygens (including phenoxy) is 1. The highest BCUT2D eigenvalue weighted by atomic mass is 16.5. The maximum Gasteiger partial charge on any atom is 0.0641 e. The van der Waals surface area contributed by atoms with Crippen molar-refractivity contribution in [1.82, 2.24) is 16.0 Å². The number of hydrogen-bond acceptors (Lipinski definition) is 4. The average Bonchev–Trinajstić information content (AvgIpc) is 3.43. The number of hydrogen-bond donors (Lipinski definition) is 3. The molecular weight excluding hydrogens is 502 g/mol. The molecule has 3 N–H and O–H groups in total. The quantitative estimate of drug-likeness (QED) is 0.322. The zero-order valence-corrected chi connectivity index (χ0v) is 26.3. The summed E-state index contributed by atoms with van der Waals surface area (Å²) in [7, 11) is 0. The smallest absolute Gasteiger partial charge is 0.0641 e. The second-order valence-electron chi connectivity index (χ2n) is 16.7. The van der Waals surface area contributed by atoms with Gasteiger partial charge < -0.3 is 4.74 Å². The van der Waals surface area contributed by atoms with Gasteiger partial charge in [0.1, 0.15) is 0 Å². The van der Waals surface area contributed by atoms with Crippen molar-refractivity contribution in [2.45, 2.75) is 178 Å². The molecule has 8 aliphatic rings. The van der Waals surface area contributed by atoms with Crippen LogP contribution in [0.15, 0.2) is 0 Å². The molecule has 2 saturated heterocycles. The molecule has 0 amide bonds. The lowest BCUT2D eigenvalue weighted by molar-refractivity contribution is -0.0890. The monoisotopic (exact) mass is 565 g/mol. The van der Waals surface area contributed by atoms with E-state index in [0.29, 0.717) is 30.7 Å². The molecule has 2 heterocycles. The Hall–Kier alpha value is -0.160. The lowest BCUT2D eigenvalue weighted by Gasteiger charge is -2.51. The summed E-state index contributed by atoms with van der Waals surface area (Å²) in [6.07, 6.45) is 36.2. The van der Waals surface area contributed by atoms with Crippen molar-refractivity contribution in [3.05, 3.63) is 0 Å². The minimum Gasteiger partial charge on any atom is -0.374 e. The first-order chi connectivity index (χ1) is 20.3. The van der Waals surface area contributed by atoms with Crippen LogP contribution in [-0.2, 0) is 4.74 Å². The van der Waals surface area contributed by atoms with Crippen LogP contribution in [0, 0.1) is 53.3 Å². The maximum atomic E-state index is 7.31. The summed E-state index contributed by atoms with van der Waals surface area (Å²) in [5.41, 5.74) is 0. The minimum absolute atomic E-state index is 0.472. The van der Waals surface area contributed by atoms with E-state index < -0.39 is 0 Å². The van der Waals surface area contributed by atoms with E-state index in [1.165, 1.54) is 135 Å². The molecule has 10 unspecified atom stereocenters. The zero-order chi connectivity index (χ0) is 27.2. The SMILES string of the molecule is C1CCC(C2NC(C3CCCCC3)NC(C3CCC4C(C3)OC3C4CC(C4CCCCC4)C4CCCCC43)N2)CC1. The molecule has 2 aliphatic heterocycles. The number of rotatable bonds is 4. The summed E-state index contributed by atoms with van der Waals surface area (Å²) < 4.78 is 7.31. The third-order valence-corrected chi connectivity index (χ3v) is 14.6.